The highest BCUT2D eigenvalue weighted by Crippen LogP contribution is 2.18. The maximum Gasteiger partial charge on any atom is 0.328 e. The predicted molar refractivity (Wildman–Crippen MR) is 208 cm³/mol. The Morgan fingerprint density at radius 3 is 2.02 bits per heavy atom. The topological polar surface area (TPSA) is 372 Å². The molecule has 2 aromatic rings. The van der Waals surface area contributed by atoms with Gasteiger partial charge in [0.05, 0.1) is 43.1 Å². The summed E-state index contributed by atoms with van der Waals surface area (Å²) >= 11 is 0. The van der Waals surface area contributed by atoms with E-state index in [4.69, 9.17) is 9.84 Å². The van der Waals surface area contributed by atoms with Crippen LogP contribution in [-0.2, 0) is 51.8 Å². The molecule has 0 unspecified atom stereocenters. The SMILES string of the molecule is CO[C@@H](CNC(=O)[C@H](NC(=O)[C@H](O)[C@H](C)O)[C@H](O)c1cncn1C)[C@H](O)[C@H](O)C(=O)N(C)[C@@H](Cc1ccccc1)C(=O)NCC(=O)N[C@H](C(=O)N[C@@H](CO)C(=O)O)C(C)(C)O. The van der Waals surface area contributed by atoms with Gasteiger partial charge in [-0.1, -0.05) is 30.3 Å². The zero-order valence-electron chi connectivity index (χ0n) is 34.3. The molecule has 24 nitrogen and oxygen atoms in total. The fourth-order valence-electron chi connectivity index (χ4n) is 5.68. The monoisotopic (exact) mass is 868 g/mol. The number of benzene rings is 1. The molecule has 0 spiro atoms. The van der Waals surface area contributed by atoms with Crippen LogP contribution < -0.4 is 26.6 Å². The summed E-state index contributed by atoms with van der Waals surface area (Å²) in [5.41, 5.74) is -1.39. The standard InChI is InChI=1S/C37H56N8O16/c1-18(47)26(49)33(55)43-25(27(50)22-13-38-17-44(22)4)32(54)39-14-23(61-6)28(51)29(52)35(57)45(5)21(12-19-10-8-7-9-11-19)31(53)40-15-24(48)42-30(37(2,3)60)34(56)41-20(16-46)36(58)59/h7-11,13,17-18,20-21,23,25-30,46-47,49-52,60H,12,14-16H2,1-6H3,(H,39,54)(H,40,53)(H,41,56)(H,42,48)(H,43,55)(H,58,59)/t18-,20-,21-,23-,25+,26+,27+,28-,29-,30+/m0/s1. The molecule has 10 atom stereocenters. The first-order chi connectivity index (χ1) is 28.5. The molecule has 1 aromatic carbocycles. The molecule has 61 heavy (non-hydrogen) atoms. The van der Waals surface area contributed by atoms with Crippen molar-refractivity contribution in [3.8, 4) is 0 Å². The van der Waals surface area contributed by atoms with Gasteiger partial charge in [0.15, 0.2) is 12.2 Å². The van der Waals surface area contributed by atoms with E-state index in [0.29, 0.717) is 5.56 Å². The van der Waals surface area contributed by atoms with Crippen molar-refractivity contribution in [2.24, 2.45) is 7.05 Å². The molecule has 0 bridgehead atoms. The van der Waals surface area contributed by atoms with Crippen LogP contribution >= 0.6 is 0 Å². The fraction of sp³-hybridized carbons (Fsp3) is 0.568. The number of carboxylic acid groups (broad SMARTS) is 1. The van der Waals surface area contributed by atoms with E-state index in [1.807, 2.05) is 5.32 Å². The lowest BCUT2D eigenvalue weighted by molar-refractivity contribution is -0.156. The minimum absolute atomic E-state index is 0.0599. The van der Waals surface area contributed by atoms with Crippen molar-refractivity contribution in [3.05, 3.63) is 54.1 Å². The molecule has 0 saturated carbocycles. The molecular weight excluding hydrogens is 812 g/mol. The molecule has 1 aromatic heterocycles. The molecule has 0 aliphatic rings. The normalized spacial score (nSPS) is 16.5. The quantitative estimate of drug-likeness (QED) is 0.0466. The molecular formula is C37H56N8O16. The number of hydrogen-bond donors (Lipinski definition) is 13. The number of carbonyl (C=O) groups is 7. The molecule has 0 fully saturated rings. The second kappa shape index (κ2) is 23.4. The first-order valence-electron chi connectivity index (χ1n) is 18.7. The number of carboxylic acids is 1. The summed E-state index contributed by atoms with van der Waals surface area (Å²) in [4.78, 5) is 94.8. The molecule has 2 rings (SSSR count). The number of methoxy groups -OCH3 is 1. The summed E-state index contributed by atoms with van der Waals surface area (Å²) in [5, 5.41) is 92.7. The van der Waals surface area contributed by atoms with E-state index < -0.39 is 128 Å². The van der Waals surface area contributed by atoms with Crippen LogP contribution in [0.5, 0.6) is 0 Å². The Morgan fingerprint density at radius 2 is 1.51 bits per heavy atom. The Hall–Kier alpha value is -5.60. The highest BCUT2D eigenvalue weighted by Gasteiger charge is 2.40. The lowest BCUT2D eigenvalue weighted by Crippen LogP contribution is -2.61. The van der Waals surface area contributed by atoms with E-state index in [1.165, 1.54) is 24.1 Å². The van der Waals surface area contributed by atoms with Gasteiger partial charge in [-0.25, -0.2) is 9.78 Å². The van der Waals surface area contributed by atoms with Gasteiger partial charge < -0.3 is 81.6 Å². The van der Waals surface area contributed by atoms with Gasteiger partial charge in [-0.2, -0.15) is 0 Å². The number of nitrogens with zero attached hydrogens (tertiary/aromatic N) is 3. The van der Waals surface area contributed by atoms with Gasteiger partial charge in [0, 0.05) is 34.2 Å². The van der Waals surface area contributed by atoms with Crippen molar-refractivity contribution in [2.75, 3.05) is 33.9 Å². The number of imidazole rings is 1. The van der Waals surface area contributed by atoms with Gasteiger partial charge in [0.25, 0.3) is 11.8 Å². The number of aliphatic hydroxyl groups excluding tert-OH is 6. The van der Waals surface area contributed by atoms with Gasteiger partial charge in [-0.05, 0) is 26.3 Å². The summed E-state index contributed by atoms with van der Waals surface area (Å²) in [7, 11) is 3.69. The van der Waals surface area contributed by atoms with Gasteiger partial charge in [0.2, 0.25) is 23.6 Å². The van der Waals surface area contributed by atoms with E-state index in [9.17, 15) is 69.3 Å². The summed E-state index contributed by atoms with van der Waals surface area (Å²) in [5.74, 6) is -8.26. The third-order valence-electron chi connectivity index (χ3n) is 9.40. The highest BCUT2D eigenvalue weighted by molar-refractivity contribution is 5.94. The molecule has 0 saturated heterocycles. The number of carbonyl (C=O) groups excluding carboxylic acids is 6. The Balaban J connectivity index is 2.24. The van der Waals surface area contributed by atoms with E-state index in [2.05, 4.69) is 26.3 Å². The molecule has 0 aliphatic carbocycles. The molecule has 0 radical (unpaired) electrons. The Morgan fingerprint density at radius 1 is 0.885 bits per heavy atom. The number of hydrogen-bond acceptors (Lipinski definition) is 16. The number of ether oxygens (including phenoxy) is 1. The van der Waals surface area contributed by atoms with Crippen molar-refractivity contribution in [1.82, 2.24) is 41.0 Å². The summed E-state index contributed by atoms with van der Waals surface area (Å²) in [6, 6.07) is 1.42. The van der Waals surface area contributed by atoms with Gasteiger partial charge in [-0.3, -0.25) is 28.8 Å². The zero-order chi connectivity index (χ0) is 46.4. The molecule has 6 amide bonds. The van der Waals surface area contributed by atoms with Crippen LogP contribution in [0.25, 0.3) is 0 Å². The van der Waals surface area contributed by atoms with Crippen molar-refractivity contribution in [2.45, 2.75) is 93.6 Å². The number of likely N-dealkylation sites (N-methyl/N-ethyl adjacent to an activating group) is 1. The molecule has 1 heterocycles. The number of aliphatic hydroxyl groups is 7. The van der Waals surface area contributed by atoms with E-state index in [1.54, 1.807) is 30.3 Å². The summed E-state index contributed by atoms with van der Waals surface area (Å²) in [6.45, 7) is 0.925. The van der Waals surface area contributed by atoms with E-state index in [-0.39, 0.29) is 12.1 Å². The second-order valence-corrected chi connectivity index (χ2v) is 14.6. The lowest BCUT2D eigenvalue weighted by atomic mass is 9.97. The van der Waals surface area contributed by atoms with Crippen molar-refractivity contribution < 1.29 is 79.2 Å². The summed E-state index contributed by atoms with van der Waals surface area (Å²) in [6.07, 6.45) is -8.91. The zero-order valence-corrected chi connectivity index (χ0v) is 34.3. The van der Waals surface area contributed by atoms with E-state index >= 15 is 0 Å². The third-order valence-corrected chi connectivity index (χ3v) is 9.40. The maximum absolute atomic E-state index is 13.7. The number of aromatic nitrogens is 2. The fourth-order valence-corrected chi connectivity index (χ4v) is 5.68. The molecule has 24 heteroatoms. The van der Waals surface area contributed by atoms with Crippen LogP contribution in [0.4, 0.5) is 0 Å². The van der Waals surface area contributed by atoms with Crippen LogP contribution in [0, 0.1) is 0 Å². The van der Waals surface area contributed by atoms with E-state index in [0.717, 1.165) is 39.8 Å². The van der Waals surface area contributed by atoms with Crippen molar-refractivity contribution >= 4 is 41.4 Å². The number of aliphatic carboxylic acids is 1. The smallest absolute Gasteiger partial charge is 0.328 e. The maximum atomic E-state index is 13.7. The third kappa shape index (κ3) is 14.8. The highest BCUT2D eigenvalue weighted by atomic mass is 16.5. The van der Waals surface area contributed by atoms with Gasteiger partial charge in [0.1, 0.15) is 42.5 Å². The van der Waals surface area contributed by atoms with Crippen LogP contribution in [0.3, 0.4) is 0 Å². The number of rotatable bonds is 24. The van der Waals surface area contributed by atoms with Crippen molar-refractivity contribution in [3.63, 3.8) is 0 Å². The first kappa shape index (κ1) is 51.5. The Kier molecular flexibility index (Phi) is 19.8. The number of nitrogens with one attached hydrogen (secondary N) is 5. The number of amides is 6. The van der Waals surface area contributed by atoms with Crippen LogP contribution in [-0.4, -0.2) is 191 Å². The Bertz CT molecular complexity index is 1810. The van der Waals surface area contributed by atoms with Gasteiger partial charge >= 0.3 is 5.97 Å². The average molecular weight is 869 g/mol. The minimum atomic E-state index is -2.31. The summed E-state index contributed by atoms with van der Waals surface area (Å²) < 4.78 is 6.58. The largest absolute Gasteiger partial charge is 0.480 e. The minimum Gasteiger partial charge on any atom is -0.480 e. The van der Waals surface area contributed by atoms with Gasteiger partial charge in [-0.15, -0.1) is 0 Å². The first-order valence-corrected chi connectivity index (χ1v) is 18.7. The molecule has 13 N–H and O–H groups in total. The second-order valence-electron chi connectivity index (χ2n) is 14.6. The molecule has 340 valence electrons. The van der Waals surface area contributed by atoms with Crippen LogP contribution in [0.15, 0.2) is 42.9 Å². The van der Waals surface area contributed by atoms with Crippen LogP contribution in [0.1, 0.15) is 38.1 Å². The molecule has 0 aliphatic heterocycles. The Labute approximate surface area is 349 Å². The predicted octanol–water partition coefficient (Wildman–Crippen LogP) is -6.46. The number of aryl methyl sites for hydroxylation is 1. The average Bonchev–Trinajstić information content (AvgIpc) is 3.65. The van der Waals surface area contributed by atoms with Crippen molar-refractivity contribution in [1.29, 1.82) is 0 Å². The lowest BCUT2D eigenvalue weighted by Gasteiger charge is -2.33. The van der Waals surface area contributed by atoms with Crippen LogP contribution in [0.2, 0.25) is 0 Å².